The molecule has 9 aromatic carbocycles. The van der Waals surface area contributed by atoms with E-state index in [0.29, 0.717) is 0 Å². The summed E-state index contributed by atoms with van der Waals surface area (Å²) in [4.78, 5) is 0. The second-order valence-electron chi connectivity index (χ2n) is 17.8. The van der Waals surface area contributed by atoms with E-state index in [4.69, 9.17) is 8.83 Å². The first kappa shape index (κ1) is 29.3. The van der Waals surface area contributed by atoms with Gasteiger partial charge in [-0.05, 0) is 63.1 Å². The fraction of sp³-hybridized carbons (Fsp3) is 0. The summed E-state index contributed by atoms with van der Waals surface area (Å²) < 4.78 is 21.7. The Balaban J connectivity index is 1.14. The predicted octanol–water partition coefficient (Wildman–Crippen LogP) is 9.06. The fourth-order valence-corrected chi connectivity index (χ4v) is 13.3. The van der Waals surface area contributed by atoms with Crippen LogP contribution < -0.4 is 32.8 Å². The van der Waals surface area contributed by atoms with Gasteiger partial charge >= 0.3 is 0 Å². The minimum Gasteiger partial charge on any atom is -0.455 e. The van der Waals surface area contributed by atoms with E-state index in [1.165, 1.54) is 126 Å². The first-order valence-corrected chi connectivity index (χ1v) is 21.3. The maximum Gasteiger partial charge on any atom is 0.252 e. The summed E-state index contributed by atoms with van der Waals surface area (Å²) in [6.07, 6.45) is 0. The van der Waals surface area contributed by atoms with Crippen molar-refractivity contribution < 1.29 is 8.83 Å². The van der Waals surface area contributed by atoms with Crippen molar-refractivity contribution in [2.24, 2.45) is 0 Å². The minimum atomic E-state index is 0.0125. The second kappa shape index (κ2) is 9.28. The van der Waals surface area contributed by atoms with Crippen molar-refractivity contribution in [2.45, 2.75) is 0 Å². The second-order valence-corrected chi connectivity index (χ2v) is 17.8. The first-order valence-electron chi connectivity index (χ1n) is 21.3. The number of benzene rings is 9. The van der Waals surface area contributed by atoms with E-state index >= 15 is 0 Å². The summed E-state index contributed by atoms with van der Waals surface area (Å²) >= 11 is 0. The normalized spacial score (nSPS) is 14.2. The minimum absolute atomic E-state index is 0.0125. The molecule has 0 bridgehead atoms. The fourth-order valence-electron chi connectivity index (χ4n) is 13.3. The summed E-state index contributed by atoms with van der Waals surface area (Å²) in [7, 11) is 0. The van der Waals surface area contributed by atoms with Crippen LogP contribution in [0.25, 0.3) is 126 Å². The Hall–Kier alpha value is -7.89. The third-order valence-corrected chi connectivity index (χ3v) is 15.4. The lowest BCUT2D eigenvalue weighted by Crippen LogP contribution is -2.66. The molecule has 0 N–H and O–H groups in total. The molecule has 4 aliphatic rings. The lowest BCUT2D eigenvalue weighted by atomic mass is 9.30. The smallest absolute Gasteiger partial charge is 0.252 e. The molecule has 0 saturated heterocycles. The lowest BCUT2D eigenvalue weighted by Gasteiger charge is -2.41. The Morgan fingerprint density at radius 3 is 1.30 bits per heavy atom. The van der Waals surface area contributed by atoms with Gasteiger partial charge < -0.3 is 22.5 Å². The molecule has 5 nitrogen and oxygen atoms in total. The van der Waals surface area contributed by atoms with Crippen LogP contribution >= 0.6 is 0 Å². The number of hydrogen-bond donors (Lipinski definition) is 0. The number of para-hydroxylation sites is 6. The highest BCUT2D eigenvalue weighted by atomic mass is 16.3. The molecule has 0 atom stereocenters. The van der Waals surface area contributed by atoms with Crippen LogP contribution in [-0.4, -0.2) is 27.1 Å². The molecule has 0 radical (unpaired) electrons. The average Bonchev–Trinajstić information content (AvgIpc) is 4.12. The van der Waals surface area contributed by atoms with Gasteiger partial charge in [0.15, 0.2) is 0 Å². The van der Waals surface area contributed by atoms with E-state index in [1.807, 2.05) is 0 Å². The molecule has 4 aliphatic heterocycles. The van der Waals surface area contributed by atoms with Crippen LogP contribution in [-0.2, 0) is 0 Å². The van der Waals surface area contributed by atoms with Gasteiger partial charge in [-0.3, -0.25) is 0 Å². The Kier molecular flexibility index (Phi) is 4.46. The molecule has 18 rings (SSSR count). The Morgan fingerprint density at radius 2 is 0.787 bits per heavy atom. The molecule has 14 aromatic rings. The van der Waals surface area contributed by atoms with Crippen LogP contribution in [0.1, 0.15) is 0 Å². The van der Waals surface area contributed by atoms with Crippen molar-refractivity contribution in [1.82, 2.24) is 13.7 Å². The lowest BCUT2D eigenvalue weighted by molar-refractivity contribution is 0.672. The molecule has 0 fully saturated rings. The van der Waals surface area contributed by atoms with Gasteiger partial charge in [0.2, 0.25) is 0 Å². The van der Waals surface area contributed by atoms with Crippen LogP contribution in [0.3, 0.4) is 0 Å². The third-order valence-electron chi connectivity index (χ3n) is 15.4. The Labute approximate surface area is 345 Å². The first-order chi connectivity index (χ1) is 30.3. The number of fused-ring (bicyclic) bond motifs is 21. The molecular formula is C54H25B2N3O2. The van der Waals surface area contributed by atoms with Crippen molar-refractivity contribution in [3.05, 3.63) is 152 Å². The maximum absolute atomic E-state index is 6.90. The summed E-state index contributed by atoms with van der Waals surface area (Å²) in [5.41, 5.74) is 23.4. The molecule has 9 heterocycles. The average molecular weight is 769 g/mol. The van der Waals surface area contributed by atoms with Crippen molar-refractivity contribution in [2.75, 3.05) is 0 Å². The molecule has 274 valence electrons. The van der Waals surface area contributed by atoms with E-state index in [2.05, 4.69) is 165 Å². The molecule has 0 spiro atoms. The van der Waals surface area contributed by atoms with E-state index in [0.717, 1.165) is 33.1 Å². The summed E-state index contributed by atoms with van der Waals surface area (Å²) in [6.45, 7) is 0.0250. The van der Waals surface area contributed by atoms with Crippen molar-refractivity contribution in [1.29, 1.82) is 0 Å². The standard InChI is InChI=1S/C54H25B2N3O2/c1-5-19-38-30(13-1)44-50-36(23-32-26-11-3-7-21-42(26)60-53(32)44)55-34-17-9-15-28-29-16-10-18-35-49(29)59(48(28)34)52-46(55)40(57(38)50)25-41-47(52)56(35)37-24-33-27-12-4-8-22-43(27)61-54(33)45-31-14-2-6-20-39(31)58(41)51(37)45/h1-25H. The zero-order chi connectivity index (χ0) is 38.7. The molecular weight excluding hydrogens is 744 g/mol. The number of hydrogen-bond acceptors (Lipinski definition) is 2. The molecule has 0 saturated carbocycles. The number of aromatic nitrogens is 3. The Bertz CT molecular complexity index is 4270. The van der Waals surface area contributed by atoms with Crippen LogP contribution in [0, 0.1) is 0 Å². The van der Waals surface area contributed by atoms with Crippen molar-refractivity contribution in [3.63, 3.8) is 0 Å². The Morgan fingerprint density at radius 1 is 0.344 bits per heavy atom. The quantitative estimate of drug-likeness (QED) is 0.145. The van der Waals surface area contributed by atoms with E-state index < -0.39 is 0 Å². The SMILES string of the molecule is c1ccc2c(c1)oc1c2cc2c3c1c1ccccc1n3-c1cc3c4c5c1B2c1cccc2c6cccc(c6n-5c12)B4c1cc2c4ccccc4oc2c2c4ccccc4n-3c12. The van der Waals surface area contributed by atoms with Gasteiger partial charge in [-0.25, -0.2) is 0 Å². The van der Waals surface area contributed by atoms with Gasteiger partial charge in [0.05, 0.1) is 32.8 Å². The van der Waals surface area contributed by atoms with Crippen molar-refractivity contribution >= 4 is 155 Å². The number of nitrogens with zero attached hydrogens (tertiary/aromatic N) is 3. The molecule has 0 aliphatic carbocycles. The van der Waals surface area contributed by atoms with Crippen LogP contribution in [0.4, 0.5) is 0 Å². The van der Waals surface area contributed by atoms with Crippen LogP contribution in [0.5, 0.6) is 0 Å². The molecule has 7 heteroatoms. The van der Waals surface area contributed by atoms with Crippen LogP contribution in [0.15, 0.2) is 160 Å². The number of furan rings is 2. The highest BCUT2D eigenvalue weighted by Crippen LogP contribution is 2.47. The van der Waals surface area contributed by atoms with E-state index in [9.17, 15) is 0 Å². The zero-order valence-corrected chi connectivity index (χ0v) is 32.2. The van der Waals surface area contributed by atoms with Gasteiger partial charge in [-0.15, -0.1) is 0 Å². The van der Waals surface area contributed by atoms with Crippen molar-refractivity contribution in [3.8, 4) is 17.1 Å². The molecule has 0 amide bonds. The monoisotopic (exact) mass is 769 g/mol. The number of rotatable bonds is 0. The van der Waals surface area contributed by atoms with Gasteiger partial charge in [0, 0.05) is 71.2 Å². The highest BCUT2D eigenvalue weighted by Gasteiger charge is 2.49. The summed E-state index contributed by atoms with van der Waals surface area (Å²) in [5, 5.41) is 12.2. The molecule has 5 aromatic heterocycles. The van der Waals surface area contributed by atoms with Gasteiger partial charge in [0.1, 0.15) is 22.3 Å². The summed E-state index contributed by atoms with van der Waals surface area (Å²) in [5.74, 6) is 0. The largest absolute Gasteiger partial charge is 0.455 e. The van der Waals surface area contributed by atoms with E-state index in [1.54, 1.807) is 0 Å². The van der Waals surface area contributed by atoms with Crippen LogP contribution in [0.2, 0.25) is 0 Å². The molecule has 0 unspecified atom stereocenters. The molecule has 61 heavy (non-hydrogen) atoms. The zero-order valence-electron chi connectivity index (χ0n) is 32.2. The predicted molar refractivity (Wildman–Crippen MR) is 253 cm³/mol. The topological polar surface area (TPSA) is 41.1 Å². The van der Waals surface area contributed by atoms with Gasteiger partial charge in [0.25, 0.3) is 13.4 Å². The van der Waals surface area contributed by atoms with Gasteiger partial charge in [-0.2, -0.15) is 0 Å². The summed E-state index contributed by atoms with van der Waals surface area (Å²) in [6, 6.07) is 56.8. The maximum atomic E-state index is 6.90. The van der Waals surface area contributed by atoms with Gasteiger partial charge in [-0.1, -0.05) is 121 Å². The third kappa shape index (κ3) is 2.91. The van der Waals surface area contributed by atoms with E-state index in [-0.39, 0.29) is 13.4 Å². The highest BCUT2D eigenvalue weighted by molar-refractivity contribution is 7.04.